The summed E-state index contributed by atoms with van der Waals surface area (Å²) in [5.41, 5.74) is 8.24. The fourth-order valence-corrected chi connectivity index (χ4v) is 3.07. The van der Waals surface area contributed by atoms with Gasteiger partial charge in [-0.2, -0.15) is 5.26 Å². The monoisotopic (exact) mass is 385 g/mol. The minimum absolute atomic E-state index is 0.0475. The Morgan fingerprint density at radius 2 is 1.81 bits per heavy atom. The Labute approximate surface area is 160 Å². The Morgan fingerprint density at radius 3 is 2.42 bits per heavy atom. The first-order chi connectivity index (χ1) is 12.4. The molecule has 3 N–H and O–H groups in total. The first-order valence-corrected chi connectivity index (χ1v) is 8.23. The number of hydrogen-bond donors (Lipinski definition) is 2. The number of aromatic nitrogens is 1. The van der Waals surface area contributed by atoms with Crippen molar-refractivity contribution < 1.29 is 9.84 Å². The summed E-state index contributed by atoms with van der Waals surface area (Å²) in [4.78, 5) is 4.23. The van der Waals surface area contributed by atoms with Crippen molar-refractivity contribution >= 4 is 29.0 Å². The highest BCUT2D eigenvalue weighted by Gasteiger charge is 2.17. The van der Waals surface area contributed by atoms with E-state index in [1.165, 1.54) is 12.1 Å². The number of halogens is 2. The minimum atomic E-state index is -0.159. The second-order valence-electron chi connectivity index (χ2n) is 5.44. The zero-order valence-corrected chi connectivity index (χ0v) is 15.1. The molecule has 5 nitrogen and oxygen atoms in total. The summed E-state index contributed by atoms with van der Waals surface area (Å²) in [7, 11) is 1.57. The number of rotatable bonds is 3. The Kier molecular flexibility index (Phi) is 4.90. The lowest BCUT2D eigenvalue weighted by Gasteiger charge is -2.12. The number of ether oxygens (including phenoxy) is 1. The summed E-state index contributed by atoms with van der Waals surface area (Å²) >= 11 is 12.0. The molecule has 0 aliphatic rings. The number of phenols is 1. The average molecular weight is 386 g/mol. The molecule has 0 amide bonds. The number of nitrogens with two attached hydrogens (primary N) is 1. The van der Waals surface area contributed by atoms with Gasteiger partial charge in [0, 0.05) is 16.1 Å². The van der Waals surface area contributed by atoms with E-state index in [4.69, 9.17) is 33.7 Å². The van der Waals surface area contributed by atoms with Crippen LogP contribution in [0.1, 0.15) is 5.56 Å². The number of nitrogens with zero attached hydrogens (tertiary/aromatic N) is 2. The minimum Gasteiger partial charge on any atom is -0.506 e. The Hall–Kier alpha value is -2.94. The maximum Gasteiger partial charge on any atom is 0.143 e. The molecule has 1 aromatic heterocycles. The summed E-state index contributed by atoms with van der Waals surface area (Å²) < 4.78 is 5.16. The predicted octanol–water partition coefficient (Wildman–Crippen LogP) is 4.89. The van der Waals surface area contributed by atoms with Crippen LogP contribution in [-0.2, 0) is 0 Å². The van der Waals surface area contributed by atoms with Gasteiger partial charge in [0.1, 0.15) is 28.9 Å². The van der Waals surface area contributed by atoms with Crippen LogP contribution in [0.15, 0.2) is 42.5 Å². The van der Waals surface area contributed by atoms with Gasteiger partial charge in [-0.1, -0.05) is 35.3 Å². The van der Waals surface area contributed by atoms with Crippen LogP contribution in [0.5, 0.6) is 11.5 Å². The molecule has 1 heterocycles. The molecule has 0 saturated carbocycles. The second kappa shape index (κ2) is 7.12. The number of methoxy groups -OCH3 is 1. The van der Waals surface area contributed by atoms with E-state index in [-0.39, 0.29) is 22.2 Å². The molecule has 0 bridgehead atoms. The highest BCUT2D eigenvalue weighted by molar-refractivity contribution is 6.36. The Balaban J connectivity index is 2.24. The van der Waals surface area contributed by atoms with Gasteiger partial charge in [-0.15, -0.1) is 0 Å². The van der Waals surface area contributed by atoms with Gasteiger partial charge in [-0.3, -0.25) is 0 Å². The zero-order chi connectivity index (χ0) is 18.8. The molecule has 26 heavy (non-hydrogen) atoms. The zero-order valence-electron chi connectivity index (χ0n) is 13.6. The quantitative estimate of drug-likeness (QED) is 0.669. The normalized spacial score (nSPS) is 10.4. The van der Waals surface area contributed by atoms with Gasteiger partial charge in [-0.05, 0) is 35.9 Å². The number of aromatic hydroxyl groups is 1. The van der Waals surface area contributed by atoms with Gasteiger partial charge in [0.25, 0.3) is 0 Å². The van der Waals surface area contributed by atoms with E-state index in [0.29, 0.717) is 27.6 Å². The maximum absolute atomic E-state index is 10.3. The number of anilines is 1. The van der Waals surface area contributed by atoms with Crippen molar-refractivity contribution in [3.05, 3.63) is 58.1 Å². The smallest absolute Gasteiger partial charge is 0.143 e. The Bertz CT molecular complexity index is 1030. The number of pyridine rings is 1. The lowest BCUT2D eigenvalue weighted by Crippen LogP contribution is -2.00. The topological polar surface area (TPSA) is 92.2 Å². The molecule has 0 aliphatic heterocycles. The lowest BCUT2D eigenvalue weighted by atomic mass is 9.98. The van der Waals surface area contributed by atoms with Gasteiger partial charge in [0.2, 0.25) is 0 Å². The van der Waals surface area contributed by atoms with Gasteiger partial charge >= 0.3 is 0 Å². The molecule has 3 aromatic rings. The van der Waals surface area contributed by atoms with Gasteiger partial charge in [0.15, 0.2) is 0 Å². The van der Waals surface area contributed by atoms with Crippen molar-refractivity contribution in [3.63, 3.8) is 0 Å². The lowest BCUT2D eigenvalue weighted by molar-refractivity contribution is 0.415. The first-order valence-electron chi connectivity index (χ1n) is 7.48. The molecule has 130 valence electrons. The van der Waals surface area contributed by atoms with Crippen LogP contribution in [0.2, 0.25) is 10.0 Å². The number of hydrogen-bond acceptors (Lipinski definition) is 5. The van der Waals surface area contributed by atoms with Crippen molar-refractivity contribution in [1.29, 1.82) is 5.26 Å². The van der Waals surface area contributed by atoms with E-state index < -0.39 is 0 Å². The molecule has 0 spiro atoms. The van der Waals surface area contributed by atoms with E-state index in [1.807, 2.05) is 12.1 Å². The van der Waals surface area contributed by atoms with E-state index >= 15 is 0 Å². The number of phenolic OH excluding ortho intramolecular Hbond substituents is 1. The van der Waals surface area contributed by atoms with Crippen LogP contribution < -0.4 is 10.5 Å². The van der Waals surface area contributed by atoms with Crippen molar-refractivity contribution in [1.82, 2.24) is 4.98 Å². The standard InChI is InChI=1S/C19H13Cl2N3O2/c1-26-12-4-2-10(3-5-12)13-8-17(24-19(23)15(13)9-22)14-6-11(20)7-16(21)18(14)25/h2-8,25H,1H3,(H2,23,24). The Morgan fingerprint density at radius 1 is 1.12 bits per heavy atom. The van der Waals surface area contributed by atoms with E-state index in [1.54, 1.807) is 25.3 Å². The highest BCUT2D eigenvalue weighted by Crippen LogP contribution is 2.39. The molecule has 0 aliphatic carbocycles. The molecule has 3 rings (SSSR count). The summed E-state index contributed by atoms with van der Waals surface area (Å²) in [6.07, 6.45) is 0. The molecule has 0 saturated heterocycles. The van der Waals surface area contributed by atoms with Crippen molar-refractivity contribution in [2.24, 2.45) is 0 Å². The number of nitrogen functional groups attached to an aromatic ring is 1. The number of nitriles is 1. The molecule has 0 radical (unpaired) electrons. The fraction of sp³-hybridized carbons (Fsp3) is 0.0526. The summed E-state index contributed by atoms with van der Waals surface area (Å²) in [6, 6.07) is 13.9. The SMILES string of the molecule is COc1ccc(-c2cc(-c3cc(Cl)cc(Cl)c3O)nc(N)c2C#N)cc1. The molecule has 2 aromatic carbocycles. The summed E-state index contributed by atoms with van der Waals surface area (Å²) in [6.45, 7) is 0. The van der Waals surface area contributed by atoms with Gasteiger partial charge < -0.3 is 15.6 Å². The predicted molar refractivity (Wildman–Crippen MR) is 102 cm³/mol. The van der Waals surface area contributed by atoms with E-state index in [2.05, 4.69) is 11.1 Å². The van der Waals surface area contributed by atoms with Crippen molar-refractivity contribution in [3.8, 4) is 40.0 Å². The average Bonchev–Trinajstić information content (AvgIpc) is 2.64. The van der Waals surface area contributed by atoms with Crippen LogP contribution >= 0.6 is 23.2 Å². The molecular formula is C19H13Cl2N3O2. The van der Waals surface area contributed by atoms with Crippen LogP contribution in [-0.4, -0.2) is 17.2 Å². The van der Waals surface area contributed by atoms with E-state index in [9.17, 15) is 10.4 Å². The molecular weight excluding hydrogens is 373 g/mol. The third kappa shape index (κ3) is 3.25. The third-order valence-electron chi connectivity index (χ3n) is 3.86. The van der Waals surface area contributed by atoms with Gasteiger partial charge in [0.05, 0.1) is 17.8 Å². The molecule has 0 atom stereocenters. The molecule has 0 unspecified atom stereocenters. The third-order valence-corrected chi connectivity index (χ3v) is 4.37. The maximum atomic E-state index is 10.3. The van der Waals surface area contributed by atoms with Crippen LogP contribution in [0.25, 0.3) is 22.4 Å². The van der Waals surface area contributed by atoms with Crippen LogP contribution in [0, 0.1) is 11.3 Å². The number of benzene rings is 2. The van der Waals surface area contributed by atoms with Crippen molar-refractivity contribution in [2.45, 2.75) is 0 Å². The van der Waals surface area contributed by atoms with E-state index in [0.717, 1.165) is 5.56 Å². The van der Waals surface area contributed by atoms with Gasteiger partial charge in [-0.25, -0.2) is 4.98 Å². The largest absolute Gasteiger partial charge is 0.506 e. The molecule has 7 heteroatoms. The summed E-state index contributed by atoms with van der Waals surface area (Å²) in [5, 5.41) is 20.2. The first kappa shape index (κ1) is 17.9. The van der Waals surface area contributed by atoms with Crippen LogP contribution in [0.3, 0.4) is 0 Å². The van der Waals surface area contributed by atoms with Crippen LogP contribution in [0.4, 0.5) is 5.82 Å². The molecule has 0 fully saturated rings. The van der Waals surface area contributed by atoms with Crippen molar-refractivity contribution in [2.75, 3.05) is 12.8 Å². The fourth-order valence-electron chi connectivity index (χ4n) is 2.58. The highest BCUT2D eigenvalue weighted by atomic mass is 35.5. The summed E-state index contributed by atoms with van der Waals surface area (Å²) in [5.74, 6) is 0.577. The second-order valence-corrected chi connectivity index (χ2v) is 6.28.